The number of piperidine rings is 1. The van der Waals surface area contributed by atoms with Gasteiger partial charge >= 0.3 is 0 Å². The van der Waals surface area contributed by atoms with Crippen molar-refractivity contribution in [3.63, 3.8) is 0 Å². The Kier molecular flexibility index (Phi) is 10.3. The smallest absolute Gasteiger partial charge is 0.191 e. The molecule has 1 unspecified atom stereocenters. The first-order valence-electron chi connectivity index (χ1n) is 10.1. The molecule has 0 spiro atoms. The number of nitrogens with one attached hydrogen (secondary N) is 2. The predicted molar refractivity (Wildman–Crippen MR) is 128 cm³/mol. The van der Waals surface area contributed by atoms with Gasteiger partial charge in [-0.25, -0.2) is 0 Å². The van der Waals surface area contributed by atoms with Crippen LogP contribution in [0.2, 0.25) is 0 Å². The van der Waals surface area contributed by atoms with Crippen LogP contribution in [0.25, 0.3) is 0 Å². The Balaban J connectivity index is 0.00000300. The van der Waals surface area contributed by atoms with Gasteiger partial charge in [0.25, 0.3) is 0 Å². The quantitative estimate of drug-likeness (QED) is 0.324. The number of halogens is 1. The van der Waals surface area contributed by atoms with Crippen LogP contribution >= 0.6 is 24.0 Å². The first-order chi connectivity index (χ1) is 13.8. The van der Waals surface area contributed by atoms with Gasteiger partial charge in [0.2, 0.25) is 0 Å². The third-order valence-corrected chi connectivity index (χ3v) is 5.21. The number of ether oxygens (including phenoxy) is 1. The molecular formula is C21H33IN6O. The molecule has 160 valence electrons. The second-order valence-corrected chi connectivity index (χ2v) is 7.03. The Morgan fingerprint density at radius 3 is 2.55 bits per heavy atom. The summed E-state index contributed by atoms with van der Waals surface area (Å²) >= 11 is 0. The lowest BCUT2D eigenvalue weighted by Crippen LogP contribution is -2.45. The van der Waals surface area contributed by atoms with E-state index in [0.29, 0.717) is 6.04 Å². The fourth-order valence-corrected chi connectivity index (χ4v) is 3.65. The lowest BCUT2D eigenvalue weighted by atomic mass is 10.0. The van der Waals surface area contributed by atoms with Crippen LogP contribution in [0.1, 0.15) is 30.9 Å². The standard InChI is InChI=1S/C21H32N6O.HI/c1-22-21(23-12-16-27-15-6-11-25-27)24-17-20(26-13-4-3-5-14-26)18-7-9-19(28-2)10-8-18;/h6-11,15,20H,3-5,12-14,16-17H2,1-2H3,(H2,22,23,24);1H. The summed E-state index contributed by atoms with van der Waals surface area (Å²) in [7, 11) is 3.52. The highest BCUT2D eigenvalue weighted by Crippen LogP contribution is 2.25. The van der Waals surface area contributed by atoms with E-state index in [1.54, 1.807) is 13.3 Å². The van der Waals surface area contributed by atoms with Crippen molar-refractivity contribution in [1.82, 2.24) is 25.3 Å². The van der Waals surface area contributed by atoms with Crippen LogP contribution in [0.4, 0.5) is 0 Å². The van der Waals surface area contributed by atoms with E-state index in [9.17, 15) is 0 Å². The van der Waals surface area contributed by atoms with Gasteiger partial charge in [-0.3, -0.25) is 14.6 Å². The minimum Gasteiger partial charge on any atom is -0.497 e. The largest absolute Gasteiger partial charge is 0.497 e. The minimum absolute atomic E-state index is 0. The summed E-state index contributed by atoms with van der Waals surface area (Å²) < 4.78 is 7.23. The number of likely N-dealkylation sites (tertiary alicyclic amines) is 1. The van der Waals surface area contributed by atoms with Gasteiger partial charge in [0.05, 0.1) is 19.7 Å². The summed E-state index contributed by atoms with van der Waals surface area (Å²) in [4.78, 5) is 6.95. The third-order valence-electron chi connectivity index (χ3n) is 5.21. The molecule has 0 bridgehead atoms. The Bertz CT molecular complexity index is 713. The molecule has 1 aliphatic rings. The van der Waals surface area contributed by atoms with E-state index in [4.69, 9.17) is 4.74 Å². The van der Waals surface area contributed by atoms with Crippen molar-refractivity contribution in [2.45, 2.75) is 31.8 Å². The Hall–Kier alpha value is -1.81. The summed E-state index contributed by atoms with van der Waals surface area (Å²) in [5, 5.41) is 11.1. The van der Waals surface area contributed by atoms with Crippen molar-refractivity contribution < 1.29 is 4.74 Å². The zero-order valence-electron chi connectivity index (χ0n) is 17.4. The monoisotopic (exact) mass is 512 g/mol. The molecule has 1 aromatic carbocycles. The number of methoxy groups -OCH3 is 1. The number of benzene rings is 1. The van der Waals surface area contributed by atoms with Gasteiger partial charge in [-0.2, -0.15) is 5.10 Å². The molecule has 7 nitrogen and oxygen atoms in total. The van der Waals surface area contributed by atoms with Crippen LogP contribution < -0.4 is 15.4 Å². The fourth-order valence-electron chi connectivity index (χ4n) is 3.65. The molecule has 8 heteroatoms. The van der Waals surface area contributed by atoms with Crippen molar-refractivity contribution in [3.05, 3.63) is 48.3 Å². The average molecular weight is 512 g/mol. The maximum atomic E-state index is 5.32. The fraction of sp³-hybridized carbons (Fsp3) is 0.524. The molecule has 2 N–H and O–H groups in total. The summed E-state index contributed by atoms with van der Waals surface area (Å²) in [6, 6.07) is 10.7. The summed E-state index contributed by atoms with van der Waals surface area (Å²) in [6.45, 7) is 4.68. The minimum atomic E-state index is 0. The molecule has 3 rings (SSSR count). The van der Waals surface area contributed by atoms with Crippen LogP contribution in [0.5, 0.6) is 5.75 Å². The molecule has 2 heterocycles. The molecule has 0 aliphatic carbocycles. The molecular weight excluding hydrogens is 479 g/mol. The highest BCUT2D eigenvalue weighted by Gasteiger charge is 2.22. The average Bonchev–Trinajstić information content (AvgIpc) is 3.27. The van der Waals surface area contributed by atoms with Crippen molar-refractivity contribution in [2.75, 3.05) is 40.3 Å². The molecule has 1 aliphatic heterocycles. The number of aliphatic imine (C=N–C) groups is 1. The van der Waals surface area contributed by atoms with Gasteiger partial charge in [0.1, 0.15) is 5.75 Å². The summed E-state index contributed by atoms with van der Waals surface area (Å²) in [5.74, 6) is 1.72. The van der Waals surface area contributed by atoms with E-state index in [0.717, 1.165) is 44.4 Å². The number of rotatable bonds is 8. The van der Waals surface area contributed by atoms with Gasteiger partial charge < -0.3 is 15.4 Å². The first kappa shape index (κ1) is 23.5. The molecule has 1 aromatic heterocycles. The zero-order chi connectivity index (χ0) is 19.6. The maximum Gasteiger partial charge on any atom is 0.191 e. The van der Waals surface area contributed by atoms with Gasteiger partial charge in [0.15, 0.2) is 5.96 Å². The van der Waals surface area contributed by atoms with Gasteiger partial charge in [-0.15, -0.1) is 24.0 Å². The van der Waals surface area contributed by atoms with Crippen LogP contribution in [0, 0.1) is 0 Å². The van der Waals surface area contributed by atoms with Gasteiger partial charge in [-0.1, -0.05) is 18.6 Å². The number of guanidine groups is 1. The van der Waals surface area contributed by atoms with E-state index >= 15 is 0 Å². The second-order valence-electron chi connectivity index (χ2n) is 7.03. The number of aromatic nitrogens is 2. The van der Waals surface area contributed by atoms with Crippen LogP contribution in [0.15, 0.2) is 47.7 Å². The van der Waals surface area contributed by atoms with Crippen molar-refractivity contribution in [1.29, 1.82) is 0 Å². The van der Waals surface area contributed by atoms with Gasteiger partial charge in [0, 0.05) is 32.5 Å². The third kappa shape index (κ3) is 7.18. The molecule has 29 heavy (non-hydrogen) atoms. The van der Waals surface area contributed by atoms with E-state index in [-0.39, 0.29) is 24.0 Å². The zero-order valence-corrected chi connectivity index (χ0v) is 19.7. The molecule has 2 aromatic rings. The van der Waals surface area contributed by atoms with Crippen molar-refractivity contribution in [3.8, 4) is 5.75 Å². The lowest BCUT2D eigenvalue weighted by Gasteiger charge is -2.35. The van der Waals surface area contributed by atoms with Crippen LogP contribution in [0.3, 0.4) is 0 Å². The highest BCUT2D eigenvalue weighted by molar-refractivity contribution is 14.0. The number of hydrogen-bond acceptors (Lipinski definition) is 4. The predicted octanol–water partition coefficient (Wildman–Crippen LogP) is 2.90. The van der Waals surface area contributed by atoms with E-state index in [1.165, 1.54) is 24.8 Å². The van der Waals surface area contributed by atoms with E-state index < -0.39 is 0 Å². The first-order valence-corrected chi connectivity index (χ1v) is 10.1. The highest BCUT2D eigenvalue weighted by atomic mass is 127. The molecule has 0 saturated carbocycles. The van der Waals surface area contributed by atoms with E-state index in [1.807, 2.05) is 36.1 Å². The Morgan fingerprint density at radius 1 is 1.17 bits per heavy atom. The molecule has 0 amide bonds. The SMILES string of the molecule is CN=C(NCCn1cccn1)NCC(c1ccc(OC)cc1)N1CCCCC1.I. The molecule has 0 radical (unpaired) electrons. The van der Waals surface area contributed by atoms with E-state index in [2.05, 4.69) is 37.8 Å². The summed E-state index contributed by atoms with van der Waals surface area (Å²) in [6.07, 6.45) is 7.63. The number of hydrogen-bond donors (Lipinski definition) is 2. The van der Waals surface area contributed by atoms with Crippen molar-refractivity contribution in [2.24, 2.45) is 4.99 Å². The summed E-state index contributed by atoms with van der Waals surface area (Å²) in [5.41, 5.74) is 1.31. The maximum absolute atomic E-state index is 5.32. The second kappa shape index (κ2) is 12.7. The molecule has 1 fully saturated rings. The number of nitrogens with zero attached hydrogens (tertiary/aromatic N) is 4. The van der Waals surface area contributed by atoms with Crippen LogP contribution in [-0.2, 0) is 6.54 Å². The topological polar surface area (TPSA) is 66.7 Å². The van der Waals surface area contributed by atoms with Crippen LogP contribution in [-0.4, -0.2) is 61.0 Å². The van der Waals surface area contributed by atoms with Crippen molar-refractivity contribution >= 4 is 29.9 Å². The molecule has 1 atom stereocenters. The van der Waals surface area contributed by atoms with Gasteiger partial charge in [-0.05, 0) is 49.7 Å². The Morgan fingerprint density at radius 2 is 1.93 bits per heavy atom. The Labute approximate surface area is 190 Å². The molecule has 1 saturated heterocycles. The normalized spacial score (nSPS) is 16.0. The lowest BCUT2D eigenvalue weighted by molar-refractivity contribution is 0.164.